The second kappa shape index (κ2) is 8.60. The number of nitrogens with two attached hydrogens (primary N) is 1. The van der Waals surface area contributed by atoms with E-state index < -0.39 is 0 Å². The molecule has 0 radical (unpaired) electrons. The largest absolute Gasteiger partial charge is 0.369 e. The van der Waals surface area contributed by atoms with Crippen LogP contribution in [0.4, 0.5) is 0 Å². The zero-order valence-electron chi connectivity index (χ0n) is 7.75. The number of allylic oxidation sites excluding steroid dienone is 2. The van der Waals surface area contributed by atoms with Crippen LogP contribution in [0.15, 0.2) is 12.2 Å². The lowest BCUT2D eigenvalue weighted by Gasteiger charge is -2.02. The molecule has 0 aromatic carbocycles. The molecule has 0 heterocycles. The van der Waals surface area contributed by atoms with Crippen LogP contribution in [0.5, 0.6) is 0 Å². The highest BCUT2D eigenvalue weighted by atomic mass is 35.5. The second-order valence-corrected chi connectivity index (χ2v) is 2.76. The molecule has 0 aromatic rings. The van der Waals surface area contributed by atoms with Crippen LogP contribution < -0.4 is 5.73 Å². The number of hydrogen-bond acceptors (Lipinski definition) is 1. The van der Waals surface area contributed by atoms with Gasteiger partial charge in [-0.1, -0.05) is 26.0 Å². The van der Waals surface area contributed by atoms with Crippen molar-refractivity contribution in [2.24, 2.45) is 11.7 Å². The molecular weight excluding hydrogens is 174 g/mol. The fraction of sp³-hybridized carbons (Fsp3) is 0.667. The Morgan fingerprint density at radius 3 is 2.50 bits per heavy atom. The topological polar surface area (TPSA) is 43.1 Å². The van der Waals surface area contributed by atoms with Crippen molar-refractivity contribution in [1.82, 2.24) is 0 Å². The lowest BCUT2D eigenvalue weighted by Crippen LogP contribution is -2.20. The van der Waals surface area contributed by atoms with Crippen molar-refractivity contribution in [2.75, 3.05) is 0 Å². The maximum atomic E-state index is 10.6. The molecule has 2 nitrogen and oxygen atoms in total. The van der Waals surface area contributed by atoms with E-state index in [1.807, 2.05) is 6.92 Å². The zero-order chi connectivity index (χ0) is 8.69. The molecule has 1 amide bonds. The van der Waals surface area contributed by atoms with Gasteiger partial charge in [0.25, 0.3) is 0 Å². The van der Waals surface area contributed by atoms with Crippen LogP contribution in [0.25, 0.3) is 0 Å². The number of hydrogen-bond donors (Lipinski definition) is 1. The molecular formula is C9H18ClNO. The first-order chi connectivity index (χ1) is 5.18. The molecule has 0 aliphatic carbocycles. The van der Waals surface area contributed by atoms with Crippen LogP contribution in [0.2, 0.25) is 0 Å². The number of amides is 1. The van der Waals surface area contributed by atoms with E-state index in [2.05, 4.69) is 19.1 Å². The molecule has 0 bridgehead atoms. The number of primary amides is 1. The van der Waals surface area contributed by atoms with Gasteiger partial charge >= 0.3 is 0 Å². The molecule has 12 heavy (non-hydrogen) atoms. The van der Waals surface area contributed by atoms with E-state index >= 15 is 0 Å². The number of carbonyl (C=O) groups is 1. The van der Waals surface area contributed by atoms with E-state index in [-0.39, 0.29) is 24.2 Å². The molecule has 0 aliphatic heterocycles. The summed E-state index contributed by atoms with van der Waals surface area (Å²) in [5, 5.41) is 0. The Bertz CT molecular complexity index is 145. The highest BCUT2D eigenvalue weighted by molar-refractivity contribution is 5.85. The fourth-order valence-corrected chi connectivity index (χ4v) is 0.773. The summed E-state index contributed by atoms with van der Waals surface area (Å²) in [4.78, 5) is 10.6. The van der Waals surface area contributed by atoms with Crippen LogP contribution in [0.1, 0.15) is 33.1 Å². The average molecular weight is 192 g/mol. The van der Waals surface area contributed by atoms with Crippen molar-refractivity contribution >= 4 is 18.3 Å². The molecule has 72 valence electrons. The first kappa shape index (κ1) is 14.0. The van der Waals surface area contributed by atoms with E-state index in [4.69, 9.17) is 5.73 Å². The van der Waals surface area contributed by atoms with Crippen molar-refractivity contribution in [1.29, 1.82) is 0 Å². The fourth-order valence-electron chi connectivity index (χ4n) is 0.773. The summed E-state index contributed by atoms with van der Waals surface area (Å²) >= 11 is 0. The zero-order valence-corrected chi connectivity index (χ0v) is 8.56. The van der Waals surface area contributed by atoms with Crippen LogP contribution in [0, 0.1) is 5.92 Å². The predicted molar refractivity (Wildman–Crippen MR) is 54.3 cm³/mol. The first-order valence-corrected chi connectivity index (χ1v) is 4.12. The van der Waals surface area contributed by atoms with Gasteiger partial charge in [0, 0.05) is 5.92 Å². The number of rotatable bonds is 5. The smallest absolute Gasteiger partial charge is 0.220 e. The van der Waals surface area contributed by atoms with Crippen LogP contribution in [0.3, 0.4) is 0 Å². The third-order valence-corrected chi connectivity index (χ3v) is 1.65. The van der Waals surface area contributed by atoms with Crippen molar-refractivity contribution in [2.45, 2.75) is 33.1 Å². The molecule has 0 aliphatic rings. The van der Waals surface area contributed by atoms with E-state index in [0.29, 0.717) is 0 Å². The lowest BCUT2D eigenvalue weighted by molar-refractivity contribution is -0.121. The Hall–Kier alpha value is -0.500. The molecule has 0 spiro atoms. The average Bonchev–Trinajstić information content (AvgIpc) is 1.97. The summed E-state index contributed by atoms with van der Waals surface area (Å²) in [7, 11) is 0. The van der Waals surface area contributed by atoms with Gasteiger partial charge in [-0.25, -0.2) is 0 Å². The van der Waals surface area contributed by atoms with Crippen molar-refractivity contribution in [3.05, 3.63) is 12.2 Å². The van der Waals surface area contributed by atoms with E-state index in [1.54, 1.807) is 0 Å². The van der Waals surface area contributed by atoms with Gasteiger partial charge in [-0.3, -0.25) is 4.79 Å². The van der Waals surface area contributed by atoms with E-state index in [0.717, 1.165) is 19.3 Å². The maximum absolute atomic E-state index is 10.6. The minimum Gasteiger partial charge on any atom is -0.369 e. The third kappa shape index (κ3) is 7.61. The van der Waals surface area contributed by atoms with Crippen molar-refractivity contribution in [3.8, 4) is 0 Å². The maximum Gasteiger partial charge on any atom is 0.220 e. The lowest BCUT2D eigenvalue weighted by atomic mass is 10.1. The Labute approximate surface area is 80.6 Å². The SMILES string of the molecule is CCC=CCCC(C)C(N)=O.Cl. The third-order valence-electron chi connectivity index (χ3n) is 1.65. The van der Waals surface area contributed by atoms with Gasteiger partial charge in [-0.15, -0.1) is 12.4 Å². The molecule has 1 atom stereocenters. The Kier molecular flexibility index (Phi) is 10.1. The normalized spacial score (nSPS) is 12.5. The Morgan fingerprint density at radius 2 is 2.08 bits per heavy atom. The second-order valence-electron chi connectivity index (χ2n) is 2.76. The highest BCUT2D eigenvalue weighted by Gasteiger charge is 2.05. The number of carbonyl (C=O) groups excluding carboxylic acids is 1. The van der Waals surface area contributed by atoms with Gasteiger partial charge in [0.15, 0.2) is 0 Å². The highest BCUT2D eigenvalue weighted by Crippen LogP contribution is 2.04. The summed E-state index contributed by atoms with van der Waals surface area (Å²) < 4.78 is 0. The molecule has 3 heteroatoms. The van der Waals surface area contributed by atoms with Gasteiger partial charge in [0.05, 0.1) is 0 Å². The summed E-state index contributed by atoms with van der Waals surface area (Å²) in [5.41, 5.74) is 5.09. The van der Waals surface area contributed by atoms with Gasteiger partial charge in [0.1, 0.15) is 0 Å². The molecule has 2 N–H and O–H groups in total. The Balaban J connectivity index is 0. The first-order valence-electron chi connectivity index (χ1n) is 4.12. The quantitative estimate of drug-likeness (QED) is 0.666. The summed E-state index contributed by atoms with van der Waals surface area (Å²) in [6.45, 7) is 3.95. The van der Waals surface area contributed by atoms with E-state index in [9.17, 15) is 4.79 Å². The molecule has 0 fully saturated rings. The molecule has 0 saturated heterocycles. The molecule has 1 unspecified atom stereocenters. The van der Waals surface area contributed by atoms with Gasteiger partial charge < -0.3 is 5.73 Å². The molecule has 0 saturated carbocycles. The minimum absolute atomic E-state index is 0. The summed E-state index contributed by atoms with van der Waals surface area (Å²) in [6, 6.07) is 0. The summed E-state index contributed by atoms with van der Waals surface area (Å²) in [6.07, 6.45) is 7.09. The monoisotopic (exact) mass is 191 g/mol. The minimum atomic E-state index is -0.199. The van der Waals surface area contributed by atoms with Crippen LogP contribution in [-0.4, -0.2) is 5.91 Å². The van der Waals surface area contributed by atoms with Gasteiger partial charge in [-0.2, -0.15) is 0 Å². The molecule has 0 aromatic heterocycles. The molecule has 0 rings (SSSR count). The standard InChI is InChI=1S/C9H17NO.ClH/c1-3-4-5-6-7-8(2)9(10)11;/h4-5,8H,3,6-7H2,1-2H3,(H2,10,11);1H. The van der Waals surface area contributed by atoms with Crippen molar-refractivity contribution in [3.63, 3.8) is 0 Å². The van der Waals surface area contributed by atoms with Gasteiger partial charge in [0.2, 0.25) is 5.91 Å². The number of halogens is 1. The van der Waals surface area contributed by atoms with Gasteiger partial charge in [-0.05, 0) is 19.3 Å². The van der Waals surface area contributed by atoms with Crippen LogP contribution >= 0.6 is 12.4 Å². The van der Waals surface area contributed by atoms with Crippen LogP contribution in [-0.2, 0) is 4.79 Å². The predicted octanol–water partition coefficient (Wildman–Crippen LogP) is 2.28. The summed E-state index contributed by atoms with van der Waals surface area (Å²) in [5.74, 6) is -0.189. The Morgan fingerprint density at radius 1 is 1.50 bits per heavy atom. The van der Waals surface area contributed by atoms with Crippen molar-refractivity contribution < 1.29 is 4.79 Å². The van der Waals surface area contributed by atoms with E-state index in [1.165, 1.54) is 0 Å².